The molecule has 0 aliphatic carbocycles. The second kappa shape index (κ2) is 8.23. The molecule has 1 aromatic heterocycles. The maximum Gasteiger partial charge on any atom is 0.161 e. The van der Waals surface area contributed by atoms with Crippen LogP contribution in [0.4, 0.5) is 0 Å². The van der Waals surface area contributed by atoms with E-state index in [0.29, 0.717) is 12.6 Å². The zero-order valence-corrected chi connectivity index (χ0v) is 16.2. The Hall–Kier alpha value is -2.18. The second-order valence-electron chi connectivity index (χ2n) is 7.23. The highest BCUT2D eigenvalue weighted by Gasteiger charge is 2.23. The van der Waals surface area contributed by atoms with E-state index in [1.165, 1.54) is 23.2 Å². The predicted molar refractivity (Wildman–Crippen MR) is 104 cm³/mol. The Morgan fingerprint density at radius 3 is 3.00 bits per heavy atom. The first-order chi connectivity index (χ1) is 13.3. The van der Waals surface area contributed by atoms with E-state index in [-0.39, 0.29) is 0 Å². The Bertz CT molecular complexity index is 790. The van der Waals surface area contributed by atoms with E-state index >= 15 is 0 Å². The van der Waals surface area contributed by atoms with Gasteiger partial charge in [0.25, 0.3) is 0 Å². The molecule has 1 atom stereocenters. The second-order valence-corrected chi connectivity index (χ2v) is 7.23. The molecule has 2 aliphatic rings. The van der Waals surface area contributed by atoms with Gasteiger partial charge >= 0.3 is 0 Å². The van der Waals surface area contributed by atoms with E-state index in [0.717, 1.165) is 56.3 Å². The van der Waals surface area contributed by atoms with Gasteiger partial charge in [0, 0.05) is 43.5 Å². The van der Waals surface area contributed by atoms with Gasteiger partial charge in [-0.15, -0.1) is 0 Å². The van der Waals surface area contributed by atoms with Crippen molar-refractivity contribution < 1.29 is 9.47 Å². The summed E-state index contributed by atoms with van der Waals surface area (Å²) < 4.78 is 11.1. The molecule has 6 nitrogen and oxygen atoms in total. The maximum absolute atomic E-state index is 5.61. The molecular formula is C21H28N4O2. The lowest BCUT2D eigenvalue weighted by Gasteiger charge is -2.28. The number of benzene rings is 1. The third kappa shape index (κ3) is 4.06. The number of methoxy groups -OCH3 is 1. The summed E-state index contributed by atoms with van der Waals surface area (Å²) in [5.74, 6) is 2.56. The molecule has 1 N–H and O–H groups in total. The van der Waals surface area contributed by atoms with Crippen molar-refractivity contribution in [1.29, 1.82) is 0 Å². The fourth-order valence-corrected chi connectivity index (χ4v) is 3.94. The van der Waals surface area contributed by atoms with Gasteiger partial charge in [-0.2, -0.15) is 0 Å². The van der Waals surface area contributed by atoms with Crippen molar-refractivity contribution in [2.45, 2.75) is 45.3 Å². The van der Waals surface area contributed by atoms with Crippen LogP contribution in [0.3, 0.4) is 0 Å². The van der Waals surface area contributed by atoms with Gasteiger partial charge in [0.2, 0.25) is 0 Å². The molecular weight excluding hydrogens is 340 g/mol. The van der Waals surface area contributed by atoms with Gasteiger partial charge in [0.1, 0.15) is 5.82 Å². The lowest BCUT2D eigenvalue weighted by molar-refractivity contribution is 0.241. The number of nitrogens with zero attached hydrogens (tertiary/aromatic N) is 3. The zero-order chi connectivity index (χ0) is 18.6. The van der Waals surface area contributed by atoms with Crippen LogP contribution in [-0.2, 0) is 19.5 Å². The van der Waals surface area contributed by atoms with Crippen LogP contribution in [0.2, 0.25) is 0 Å². The smallest absolute Gasteiger partial charge is 0.161 e. The average Bonchev–Trinajstić information content (AvgIpc) is 3.24. The van der Waals surface area contributed by atoms with E-state index in [9.17, 15) is 0 Å². The van der Waals surface area contributed by atoms with Crippen molar-refractivity contribution in [2.24, 2.45) is 0 Å². The van der Waals surface area contributed by atoms with Crippen molar-refractivity contribution >= 4 is 0 Å². The lowest BCUT2D eigenvalue weighted by Crippen LogP contribution is -2.31. The largest absolute Gasteiger partial charge is 0.493 e. The number of hydrogen-bond acceptors (Lipinski definition) is 6. The van der Waals surface area contributed by atoms with E-state index < -0.39 is 0 Å². The van der Waals surface area contributed by atoms with Crippen LogP contribution in [0.1, 0.15) is 48.5 Å². The fourth-order valence-electron chi connectivity index (χ4n) is 3.94. The van der Waals surface area contributed by atoms with Gasteiger partial charge in [-0.3, -0.25) is 4.90 Å². The number of rotatable bonds is 6. The van der Waals surface area contributed by atoms with Crippen LogP contribution >= 0.6 is 0 Å². The first kappa shape index (κ1) is 18.2. The molecule has 0 bridgehead atoms. The minimum absolute atomic E-state index is 0.338. The van der Waals surface area contributed by atoms with Gasteiger partial charge < -0.3 is 14.8 Å². The van der Waals surface area contributed by atoms with Gasteiger partial charge in [-0.1, -0.05) is 6.07 Å². The minimum atomic E-state index is 0.338. The molecule has 0 amide bonds. The molecule has 3 heterocycles. The molecule has 0 saturated carbocycles. The average molecular weight is 368 g/mol. The maximum atomic E-state index is 5.61. The molecule has 1 saturated heterocycles. The van der Waals surface area contributed by atoms with E-state index in [2.05, 4.69) is 27.3 Å². The number of fused-ring (bicyclic) bond motifs is 1. The molecule has 1 aromatic carbocycles. The predicted octanol–water partition coefficient (Wildman–Crippen LogP) is 2.87. The summed E-state index contributed by atoms with van der Waals surface area (Å²) in [5, 5.41) is 3.49. The number of nitrogens with one attached hydrogen (secondary N) is 1. The molecule has 4 rings (SSSR count). The monoisotopic (exact) mass is 368 g/mol. The Morgan fingerprint density at radius 1 is 1.30 bits per heavy atom. The van der Waals surface area contributed by atoms with Crippen molar-refractivity contribution in [2.75, 3.05) is 26.8 Å². The molecule has 27 heavy (non-hydrogen) atoms. The van der Waals surface area contributed by atoms with Crippen LogP contribution in [0, 0.1) is 0 Å². The first-order valence-electron chi connectivity index (χ1n) is 9.87. The lowest BCUT2D eigenvalue weighted by atomic mass is 10.1. The third-order valence-electron chi connectivity index (χ3n) is 5.34. The van der Waals surface area contributed by atoms with Crippen molar-refractivity contribution in [3.05, 3.63) is 47.0 Å². The molecule has 2 aromatic rings. The zero-order valence-electron chi connectivity index (χ0n) is 16.2. The first-order valence-corrected chi connectivity index (χ1v) is 9.87. The normalized spacial score (nSPS) is 19.7. The number of hydrogen-bond donors (Lipinski definition) is 1. The highest BCUT2D eigenvalue weighted by Crippen LogP contribution is 2.29. The number of ether oxygens (including phenoxy) is 2. The quantitative estimate of drug-likeness (QED) is 0.846. The molecule has 6 heteroatoms. The van der Waals surface area contributed by atoms with Gasteiger partial charge in [-0.25, -0.2) is 9.97 Å². The van der Waals surface area contributed by atoms with E-state index in [1.54, 1.807) is 7.11 Å². The Labute approximate surface area is 160 Å². The van der Waals surface area contributed by atoms with Crippen LogP contribution in [0.15, 0.2) is 24.4 Å². The van der Waals surface area contributed by atoms with E-state index in [4.69, 9.17) is 14.5 Å². The van der Waals surface area contributed by atoms with Crippen molar-refractivity contribution in [1.82, 2.24) is 20.2 Å². The topological polar surface area (TPSA) is 59.5 Å². The molecule has 0 spiro atoms. The Morgan fingerprint density at radius 2 is 2.22 bits per heavy atom. The van der Waals surface area contributed by atoms with Crippen LogP contribution in [-0.4, -0.2) is 41.7 Å². The summed E-state index contributed by atoms with van der Waals surface area (Å²) in [6, 6.07) is 6.53. The molecule has 0 radical (unpaired) electrons. The summed E-state index contributed by atoms with van der Waals surface area (Å²) in [6.45, 7) is 6.48. The van der Waals surface area contributed by atoms with Crippen molar-refractivity contribution in [3.63, 3.8) is 0 Å². The van der Waals surface area contributed by atoms with Gasteiger partial charge in [0.05, 0.1) is 19.8 Å². The summed E-state index contributed by atoms with van der Waals surface area (Å²) in [4.78, 5) is 11.9. The Balaban J connectivity index is 1.44. The summed E-state index contributed by atoms with van der Waals surface area (Å²) >= 11 is 0. The highest BCUT2D eigenvalue weighted by molar-refractivity contribution is 5.43. The van der Waals surface area contributed by atoms with Crippen LogP contribution in [0.25, 0.3) is 0 Å². The molecule has 1 fully saturated rings. The fraction of sp³-hybridized carbons (Fsp3) is 0.524. The molecule has 144 valence electrons. The summed E-state index contributed by atoms with van der Waals surface area (Å²) in [6.07, 6.45) is 5.36. The number of aromatic nitrogens is 2. The van der Waals surface area contributed by atoms with E-state index in [1.807, 2.05) is 19.2 Å². The van der Waals surface area contributed by atoms with Crippen LogP contribution in [0.5, 0.6) is 11.5 Å². The van der Waals surface area contributed by atoms with Crippen LogP contribution < -0.4 is 14.8 Å². The SMILES string of the molecule is CCOc1ccc(CN2CCc3nc(C4CCCN4)ncc3C2)cc1OC. The highest BCUT2D eigenvalue weighted by atomic mass is 16.5. The van der Waals surface area contributed by atoms with Gasteiger partial charge in [-0.05, 0) is 44.0 Å². The third-order valence-corrected chi connectivity index (χ3v) is 5.34. The summed E-state index contributed by atoms with van der Waals surface area (Å²) in [7, 11) is 1.69. The standard InChI is InChI=1S/C21H28N4O2/c1-3-27-19-7-6-15(11-20(19)26-2)13-25-10-8-17-16(14-25)12-23-21(24-17)18-5-4-9-22-18/h6-7,11-12,18,22H,3-5,8-10,13-14H2,1-2H3. The van der Waals surface area contributed by atoms with Crippen molar-refractivity contribution in [3.8, 4) is 11.5 Å². The molecule has 2 aliphatic heterocycles. The molecule has 1 unspecified atom stereocenters. The minimum Gasteiger partial charge on any atom is -0.493 e. The van der Waals surface area contributed by atoms with Gasteiger partial charge in [0.15, 0.2) is 11.5 Å². The summed E-state index contributed by atoms with van der Waals surface area (Å²) in [5.41, 5.74) is 3.70. The Kier molecular flexibility index (Phi) is 5.55.